The van der Waals surface area contributed by atoms with E-state index in [-0.39, 0.29) is 6.03 Å². The van der Waals surface area contributed by atoms with E-state index in [1.54, 1.807) is 17.5 Å². The molecule has 0 atom stereocenters. The minimum Gasteiger partial charge on any atom is -0.338 e. The van der Waals surface area contributed by atoms with Crippen LogP contribution in [0.1, 0.15) is 32.6 Å². The van der Waals surface area contributed by atoms with Crippen molar-refractivity contribution in [2.45, 2.75) is 32.6 Å². The van der Waals surface area contributed by atoms with Gasteiger partial charge in [-0.15, -0.1) is 11.3 Å². The number of aromatic nitrogens is 1. The monoisotopic (exact) mass is 303 g/mol. The Morgan fingerprint density at radius 3 is 2.67 bits per heavy atom. The summed E-state index contributed by atoms with van der Waals surface area (Å²) in [4.78, 5) is 16.0. The lowest BCUT2D eigenvalue weighted by molar-refractivity contribution is 0.252. The number of nitrogens with zero attached hydrogens (tertiary/aromatic N) is 1. The summed E-state index contributed by atoms with van der Waals surface area (Å²) in [5.74, 6) is 0. The maximum Gasteiger partial charge on any atom is 0.319 e. The van der Waals surface area contributed by atoms with E-state index in [0.717, 1.165) is 29.2 Å². The Kier molecular flexibility index (Phi) is 6.22. The fourth-order valence-electron chi connectivity index (χ4n) is 1.99. The number of benzene rings is 1. The number of carbonyl (C=O) groups is 1. The van der Waals surface area contributed by atoms with E-state index in [1.165, 1.54) is 19.3 Å². The SMILES string of the molecule is CCCCCCNC(=O)Nc1ccc(-c2nccs2)cc1. The fraction of sp³-hybridized carbons (Fsp3) is 0.375. The van der Waals surface area contributed by atoms with Crippen molar-refractivity contribution in [2.75, 3.05) is 11.9 Å². The Hall–Kier alpha value is -1.88. The van der Waals surface area contributed by atoms with E-state index in [1.807, 2.05) is 29.6 Å². The van der Waals surface area contributed by atoms with Crippen LogP contribution in [0.25, 0.3) is 10.6 Å². The highest BCUT2D eigenvalue weighted by molar-refractivity contribution is 7.13. The number of carbonyl (C=O) groups excluding carboxylic acids is 1. The Morgan fingerprint density at radius 2 is 2.00 bits per heavy atom. The molecule has 0 bridgehead atoms. The first-order valence-electron chi connectivity index (χ1n) is 7.34. The highest BCUT2D eigenvalue weighted by atomic mass is 32.1. The molecule has 1 aromatic heterocycles. The smallest absolute Gasteiger partial charge is 0.319 e. The van der Waals surface area contributed by atoms with Gasteiger partial charge in [0.25, 0.3) is 0 Å². The van der Waals surface area contributed by atoms with Crippen LogP contribution in [0.2, 0.25) is 0 Å². The van der Waals surface area contributed by atoms with Gasteiger partial charge in [0, 0.05) is 29.4 Å². The van der Waals surface area contributed by atoms with Gasteiger partial charge in [0.1, 0.15) is 5.01 Å². The third-order valence-corrected chi connectivity index (χ3v) is 3.96. The van der Waals surface area contributed by atoms with Gasteiger partial charge in [0.05, 0.1) is 0 Å². The number of anilines is 1. The first kappa shape index (κ1) is 15.5. The summed E-state index contributed by atoms with van der Waals surface area (Å²) in [5.41, 5.74) is 1.86. The molecule has 5 heteroatoms. The van der Waals surface area contributed by atoms with Gasteiger partial charge in [-0.05, 0) is 30.7 Å². The average Bonchev–Trinajstić information content (AvgIpc) is 3.02. The Morgan fingerprint density at radius 1 is 1.19 bits per heavy atom. The number of unbranched alkanes of at least 4 members (excludes halogenated alkanes) is 3. The van der Waals surface area contributed by atoms with Crippen molar-refractivity contribution >= 4 is 23.1 Å². The van der Waals surface area contributed by atoms with Crippen LogP contribution in [-0.4, -0.2) is 17.6 Å². The molecule has 0 aliphatic carbocycles. The normalized spacial score (nSPS) is 10.3. The molecule has 2 N–H and O–H groups in total. The summed E-state index contributed by atoms with van der Waals surface area (Å²) in [6.07, 6.45) is 6.42. The maximum absolute atomic E-state index is 11.7. The summed E-state index contributed by atoms with van der Waals surface area (Å²) in [6, 6.07) is 7.58. The van der Waals surface area contributed by atoms with E-state index in [9.17, 15) is 4.79 Å². The van der Waals surface area contributed by atoms with Crippen LogP contribution < -0.4 is 10.6 Å². The van der Waals surface area contributed by atoms with Gasteiger partial charge in [-0.25, -0.2) is 9.78 Å². The van der Waals surface area contributed by atoms with E-state index < -0.39 is 0 Å². The second-order valence-corrected chi connectivity index (χ2v) is 5.75. The molecule has 0 saturated heterocycles. The van der Waals surface area contributed by atoms with Gasteiger partial charge in [-0.2, -0.15) is 0 Å². The van der Waals surface area contributed by atoms with Crippen LogP contribution >= 0.6 is 11.3 Å². The van der Waals surface area contributed by atoms with Crippen LogP contribution in [0.3, 0.4) is 0 Å². The average molecular weight is 303 g/mol. The van der Waals surface area contributed by atoms with E-state index >= 15 is 0 Å². The number of hydrogen-bond acceptors (Lipinski definition) is 3. The summed E-state index contributed by atoms with van der Waals surface area (Å²) >= 11 is 1.60. The van der Waals surface area contributed by atoms with E-state index in [2.05, 4.69) is 22.5 Å². The highest BCUT2D eigenvalue weighted by Gasteiger charge is 2.03. The van der Waals surface area contributed by atoms with Crippen molar-refractivity contribution in [3.05, 3.63) is 35.8 Å². The minimum atomic E-state index is -0.145. The molecule has 0 unspecified atom stereocenters. The van der Waals surface area contributed by atoms with Crippen LogP contribution in [-0.2, 0) is 0 Å². The van der Waals surface area contributed by atoms with Gasteiger partial charge in [0.15, 0.2) is 0 Å². The lowest BCUT2D eigenvalue weighted by Crippen LogP contribution is -2.29. The number of thiazole rings is 1. The third kappa shape index (κ3) is 5.19. The van der Waals surface area contributed by atoms with Crippen LogP contribution in [0, 0.1) is 0 Å². The lowest BCUT2D eigenvalue weighted by Gasteiger charge is -2.08. The molecule has 0 saturated carbocycles. The van der Waals surface area contributed by atoms with Crippen molar-refractivity contribution in [3.63, 3.8) is 0 Å². The van der Waals surface area contributed by atoms with E-state index in [0.29, 0.717) is 0 Å². The second kappa shape index (κ2) is 8.42. The van der Waals surface area contributed by atoms with Gasteiger partial charge in [-0.1, -0.05) is 26.2 Å². The number of amides is 2. The molecule has 0 radical (unpaired) electrons. The van der Waals surface area contributed by atoms with Crippen molar-refractivity contribution in [2.24, 2.45) is 0 Å². The zero-order chi connectivity index (χ0) is 14.9. The summed E-state index contributed by atoms with van der Waals surface area (Å²) in [6.45, 7) is 2.90. The zero-order valence-corrected chi connectivity index (χ0v) is 13.1. The Labute approximate surface area is 129 Å². The molecule has 2 rings (SSSR count). The van der Waals surface area contributed by atoms with Crippen LogP contribution in [0.15, 0.2) is 35.8 Å². The van der Waals surface area contributed by atoms with Crippen LogP contribution in [0.5, 0.6) is 0 Å². The standard InChI is InChI=1S/C16H21N3OS/c1-2-3-4-5-10-18-16(20)19-14-8-6-13(7-9-14)15-17-11-12-21-15/h6-9,11-12H,2-5,10H2,1H3,(H2,18,19,20). The molecule has 0 aliphatic heterocycles. The van der Waals surface area contributed by atoms with Gasteiger partial charge in [-0.3, -0.25) is 0 Å². The van der Waals surface area contributed by atoms with Crippen molar-refractivity contribution in [3.8, 4) is 10.6 Å². The first-order valence-corrected chi connectivity index (χ1v) is 8.22. The summed E-state index contributed by atoms with van der Waals surface area (Å²) in [7, 11) is 0. The van der Waals surface area contributed by atoms with Gasteiger partial charge in [0.2, 0.25) is 0 Å². The molecule has 1 heterocycles. The number of nitrogens with one attached hydrogen (secondary N) is 2. The first-order chi connectivity index (χ1) is 10.3. The number of rotatable bonds is 7. The number of urea groups is 1. The topological polar surface area (TPSA) is 54.0 Å². The molecular weight excluding hydrogens is 282 g/mol. The van der Waals surface area contributed by atoms with Crippen LogP contribution in [0.4, 0.5) is 10.5 Å². The molecule has 21 heavy (non-hydrogen) atoms. The predicted octanol–water partition coefficient (Wildman–Crippen LogP) is 4.51. The molecule has 0 fully saturated rings. The Bertz CT molecular complexity index is 537. The summed E-state index contributed by atoms with van der Waals surface area (Å²) < 4.78 is 0. The fourth-order valence-corrected chi connectivity index (χ4v) is 2.64. The quantitative estimate of drug-likeness (QED) is 0.739. The molecule has 2 amide bonds. The molecule has 0 spiro atoms. The largest absolute Gasteiger partial charge is 0.338 e. The van der Waals surface area contributed by atoms with Crippen molar-refractivity contribution in [1.82, 2.24) is 10.3 Å². The lowest BCUT2D eigenvalue weighted by atomic mass is 10.2. The van der Waals surface area contributed by atoms with E-state index in [4.69, 9.17) is 0 Å². The van der Waals surface area contributed by atoms with Gasteiger partial charge >= 0.3 is 6.03 Å². The molecule has 0 aliphatic rings. The maximum atomic E-state index is 11.7. The minimum absolute atomic E-state index is 0.145. The molecule has 112 valence electrons. The molecule has 1 aromatic carbocycles. The highest BCUT2D eigenvalue weighted by Crippen LogP contribution is 2.23. The second-order valence-electron chi connectivity index (χ2n) is 4.86. The van der Waals surface area contributed by atoms with Crippen molar-refractivity contribution in [1.29, 1.82) is 0 Å². The third-order valence-electron chi connectivity index (χ3n) is 3.14. The zero-order valence-electron chi connectivity index (χ0n) is 12.3. The van der Waals surface area contributed by atoms with Crippen molar-refractivity contribution < 1.29 is 4.79 Å². The predicted molar refractivity (Wildman–Crippen MR) is 88.7 cm³/mol. The number of hydrogen-bond donors (Lipinski definition) is 2. The molecular formula is C16H21N3OS. The molecule has 4 nitrogen and oxygen atoms in total. The van der Waals surface area contributed by atoms with Gasteiger partial charge < -0.3 is 10.6 Å². The summed E-state index contributed by atoms with van der Waals surface area (Å²) in [5, 5.41) is 8.65. The molecule has 2 aromatic rings. The Balaban J connectivity index is 1.76.